The van der Waals surface area contributed by atoms with Gasteiger partial charge in [0, 0.05) is 25.7 Å². The maximum atomic E-state index is 12.0. The molecule has 3 unspecified atom stereocenters. The second-order valence-corrected chi connectivity index (χ2v) is 13.0. The summed E-state index contributed by atoms with van der Waals surface area (Å²) in [5.41, 5.74) is 8.97. The molecule has 0 radical (unpaired) electrons. The Morgan fingerprint density at radius 2 is 1.61 bits per heavy atom. The Kier molecular flexibility index (Phi) is 22.5. The minimum absolute atomic E-state index is 0.0998. The highest BCUT2D eigenvalue weighted by atomic mass is 31.0. The van der Waals surface area contributed by atoms with Crippen molar-refractivity contribution in [3.05, 3.63) is 71.3 Å². The van der Waals surface area contributed by atoms with Gasteiger partial charge >= 0.3 is 11.9 Å². The summed E-state index contributed by atoms with van der Waals surface area (Å²) in [7, 11) is 4.06. The number of nitrogens with two attached hydrogens (primary N) is 1. The molecule has 2 rings (SSSR count). The van der Waals surface area contributed by atoms with Crippen molar-refractivity contribution in [1.82, 2.24) is 5.32 Å². The van der Waals surface area contributed by atoms with Crippen molar-refractivity contribution < 1.29 is 33.8 Å². The summed E-state index contributed by atoms with van der Waals surface area (Å²) < 4.78 is 10.3. The van der Waals surface area contributed by atoms with Gasteiger partial charge in [-0.15, -0.1) is 9.24 Å². The highest BCUT2D eigenvalue weighted by Gasteiger charge is 2.34. The van der Waals surface area contributed by atoms with Crippen molar-refractivity contribution in [1.29, 1.82) is 0 Å². The fraction of sp³-hybridized carbons (Fsp3) is 0.526. The Hall–Kier alpha value is -3.75. The lowest BCUT2D eigenvalue weighted by molar-refractivity contribution is -0.171. The third-order valence-corrected chi connectivity index (χ3v) is 7.48. The minimum atomic E-state index is -1.16. The van der Waals surface area contributed by atoms with E-state index in [0.717, 1.165) is 42.7 Å². The van der Waals surface area contributed by atoms with Gasteiger partial charge in [0.05, 0.1) is 12.5 Å². The number of amides is 2. The maximum Gasteiger partial charge on any atom is 0.345 e. The number of esters is 1. The van der Waals surface area contributed by atoms with Crippen LogP contribution < -0.4 is 21.1 Å². The number of hydrogen-bond donors (Lipinski definition) is 4. The lowest BCUT2D eigenvalue weighted by Crippen LogP contribution is -2.42. The van der Waals surface area contributed by atoms with Crippen LogP contribution in [0, 0.1) is 24.2 Å². The summed E-state index contributed by atoms with van der Waals surface area (Å²) in [5.74, 6) is -0.599. The van der Waals surface area contributed by atoms with E-state index in [1.807, 2.05) is 51.7 Å². The Bertz CT molecular complexity index is 1330. The SMILES string of the molecule is CC(=O)NCC(C)(C)C(=O)OC(CC(C)C)C(=O)O.COc1ccc(NC(=O)/C=C/CCC(C)CCc2ccc(CN)cc2)cc1C.CP. The molecule has 2 aromatic carbocycles. The maximum absolute atomic E-state index is 12.0. The van der Waals surface area contributed by atoms with Crippen LogP contribution in [0.5, 0.6) is 5.75 Å². The molecule has 0 fully saturated rings. The van der Waals surface area contributed by atoms with Crippen LogP contribution in [0.4, 0.5) is 5.69 Å². The van der Waals surface area contributed by atoms with Crippen LogP contribution in [0.3, 0.4) is 0 Å². The smallest absolute Gasteiger partial charge is 0.345 e. The van der Waals surface area contributed by atoms with Crippen LogP contribution in [-0.4, -0.2) is 55.3 Å². The number of anilines is 1. The van der Waals surface area contributed by atoms with E-state index in [0.29, 0.717) is 12.5 Å². The lowest BCUT2D eigenvalue weighted by atomic mass is 9.93. The first kappa shape index (κ1) is 45.2. The predicted molar refractivity (Wildman–Crippen MR) is 202 cm³/mol. The van der Waals surface area contributed by atoms with Crippen LogP contribution in [0.1, 0.15) is 83.9 Å². The molecule has 0 aliphatic carbocycles. The molecule has 49 heavy (non-hydrogen) atoms. The van der Waals surface area contributed by atoms with Crippen LogP contribution in [-0.2, 0) is 36.9 Å². The Morgan fingerprint density at radius 1 is 1.00 bits per heavy atom. The topological polar surface area (TPSA) is 157 Å². The molecule has 0 saturated heterocycles. The molecule has 0 aliphatic rings. The number of aliphatic carboxylic acids is 1. The number of allylic oxidation sites excluding steroid dienone is 1. The van der Waals surface area contributed by atoms with Crippen molar-refractivity contribution in [2.75, 3.05) is 25.6 Å². The molecule has 0 saturated carbocycles. The van der Waals surface area contributed by atoms with E-state index in [1.54, 1.807) is 27.0 Å². The number of nitrogens with one attached hydrogen (secondary N) is 2. The zero-order valence-electron chi connectivity index (χ0n) is 30.9. The second kappa shape index (κ2) is 24.4. The Balaban J connectivity index is 0.000000961. The normalized spacial score (nSPS) is 12.1. The third-order valence-electron chi connectivity index (χ3n) is 7.48. The van der Waals surface area contributed by atoms with Crippen molar-refractivity contribution in [2.45, 2.75) is 93.2 Å². The number of hydrogen-bond acceptors (Lipinski definition) is 7. The van der Waals surface area contributed by atoms with E-state index >= 15 is 0 Å². The monoisotopic (exact) mass is 701 g/mol. The number of carboxylic acids is 1. The molecule has 0 aliphatic heterocycles. The highest BCUT2D eigenvalue weighted by molar-refractivity contribution is 7.15. The molecule has 0 spiro atoms. The van der Waals surface area contributed by atoms with Gasteiger partial charge in [-0.3, -0.25) is 14.4 Å². The summed E-state index contributed by atoms with van der Waals surface area (Å²) in [6.07, 6.45) is 6.89. The molecule has 0 heterocycles. The van der Waals surface area contributed by atoms with E-state index in [4.69, 9.17) is 20.3 Å². The average molecular weight is 702 g/mol. The fourth-order valence-corrected chi connectivity index (χ4v) is 4.44. The number of rotatable bonds is 17. The quantitative estimate of drug-likeness (QED) is 0.0808. The van der Waals surface area contributed by atoms with E-state index in [2.05, 4.69) is 51.1 Å². The molecule has 0 aromatic heterocycles. The van der Waals surface area contributed by atoms with E-state index < -0.39 is 23.5 Å². The highest BCUT2D eigenvalue weighted by Crippen LogP contribution is 2.22. The van der Waals surface area contributed by atoms with Crippen LogP contribution in [0.15, 0.2) is 54.6 Å². The van der Waals surface area contributed by atoms with Crippen molar-refractivity contribution in [3.8, 4) is 5.75 Å². The van der Waals surface area contributed by atoms with Crippen molar-refractivity contribution in [3.63, 3.8) is 0 Å². The molecular formula is C38H60N3O7P. The van der Waals surface area contributed by atoms with Crippen molar-refractivity contribution >= 4 is 38.7 Å². The second-order valence-electron chi connectivity index (χ2n) is 13.0. The molecule has 10 nitrogen and oxygen atoms in total. The molecular weight excluding hydrogens is 641 g/mol. The van der Waals surface area contributed by atoms with E-state index in [1.165, 1.54) is 18.1 Å². The van der Waals surface area contributed by atoms with Gasteiger partial charge in [0.15, 0.2) is 6.10 Å². The zero-order chi connectivity index (χ0) is 37.6. The molecule has 11 heteroatoms. The summed E-state index contributed by atoms with van der Waals surface area (Å²) in [6.45, 7) is 15.1. The van der Waals surface area contributed by atoms with Crippen molar-refractivity contribution in [2.24, 2.45) is 23.0 Å². The van der Waals surface area contributed by atoms with Gasteiger partial charge in [-0.1, -0.05) is 57.8 Å². The number of benzene rings is 2. The number of methoxy groups -OCH3 is 1. The largest absolute Gasteiger partial charge is 0.496 e. The Labute approximate surface area is 296 Å². The van der Waals surface area contributed by atoms with Gasteiger partial charge in [-0.25, -0.2) is 4.79 Å². The van der Waals surface area contributed by atoms with Crippen LogP contribution in [0.2, 0.25) is 0 Å². The predicted octanol–water partition coefficient (Wildman–Crippen LogP) is 6.69. The van der Waals surface area contributed by atoms with Crippen LogP contribution in [0.25, 0.3) is 0 Å². The number of carbonyl (C=O) groups is 4. The molecule has 3 atom stereocenters. The fourth-order valence-electron chi connectivity index (χ4n) is 4.44. The van der Waals surface area contributed by atoms with Gasteiger partial charge in [0.25, 0.3) is 0 Å². The summed E-state index contributed by atoms with van der Waals surface area (Å²) >= 11 is 0. The van der Waals surface area contributed by atoms with E-state index in [-0.39, 0.29) is 30.7 Å². The minimum Gasteiger partial charge on any atom is -0.496 e. The first-order valence-corrected chi connectivity index (χ1v) is 17.9. The zero-order valence-corrected chi connectivity index (χ0v) is 32.1. The first-order valence-electron chi connectivity index (χ1n) is 16.7. The van der Waals surface area contributed by atoms with Gasteiger partial charge in [0.1, 0.15) is 5.75 Å². The van der Waals surface area contributed by atoms with Gasteiger partial charge < -0.3 is 30.9 Å². The standard InChI is InChI=1S/C24H32N2O2.C13H23NO5.CH5P/c1-18(8-9-20-10-12-21(17-25)13-11-20)6-4-5-7-24(27)26-22-14-15-23(28-3)19(2)16-22;1-8(2)6-10(11(16)17)19-12(18)13(4,5)7-14-9(3)15;1-2/h5,7,10-16,18H,4,6,8-9,17,25H2,1-3H3,(H,26,27);8,10H,6-7H2,1-5H3,(H,14,15)(H,16,17);2H2,1H3/b7-5+;;. The molecule has 0 bridgehead atoms. The third kappa shape index (κ3) is 19.7. The molecule has 2 aromatic rings. The number of carboxylic acid groups (broad SMARTS) is 1. The van der Waals surface area contributed by atoms with Gasteiger partial charge in [-0.2, -0.15) is 0 Å². The Morgan fingerprint density at radius 3 is 2.12 bits per heavy atom. The van der Waals surface area contributed by atoms with E-state index in [9.17, 15) is 19.2 Å². The van der Waals surface area contributed by atoms with Crippen LogP contribution >= 0.6 is 9.24 Å². The molecule has 274 valence electrons. The number of ether oxygens (including phenoxy) is 2. The number of carbonyl (C=O) groups excluding carboxylic acids is 3. The summed E-state index contributed by atoms with van der Waals surface area (Å²) in [4.78, 5) is 45.8. The number of aryl methyl sites for hydroxylation is 2. The average Bonchev–Trinajstić information content (AvgIpc) is 3.05. The summed E-state index contributed by atoms with van der Waals surface area (Å²) in [6, 6.07) is 14.2. The summed E-state index contributed by atoms with van der Waals surface area (Å²) in [5, 5.41) is 14.4. The van der Waals surface area contributed by atoms with Gasteiger partial charge in [-0.05, 0) is 106 Å². The lowest BCUT2D eigenvalue weighted by Gasteiger charge is -2.25. The first-order chi connectivity index (χ1) is 23.1. The van der Waals surface area contributed by atoms with Gasteiger partial charge in [0.2, 0.25) is 11.8 Å². The molecule has 2 amide bonds. The molecule has 5 N–H and O–H groups in total.